The SMILES string of the molecule is CS(=O)(=O)c1ccc(C(=O)OCc2ccc(Cl)cc2)cc1[N+](=O)[O-]. The summed E-state index contributed by atoms with van der Waals surface area (Å²) in [6, 6.07) is 9.70. The van der Waals surface area contributed by atoms with E-state index in [4.69, 9.17) is 16.3 Å². The maximum absolute atomic E-state index is 12.0. The van der Waals surface area contributed by atoms with E-state index >= 15 is 0 Å². The fraction of sp³-hybridized carbons (Fsp3) is 0.133. The first-order valence-electron chi connectivity index (χ1n) is 6.58. The normalized spacial score (nSPS) is 11.1. The Balaban J connectivity index is 2.22. The molecule has 2 aromatic carbocycles. The molecule has 0 saturated carbocycles. The second-order valence-corrected chi connectivity index (χ2v) is 7.33. The number of carbonyl (C=O) groups excluding carboxylic acids is 1. The first-order valence-corrected chi connectivity index (χ1v) is 8.85. The van der Waals surface area contributed by atoms with Crippen LogP contribution in [0, 0.1) is 10.1 Å². The molecule has 0 unspecified atom stereocenters. The van der Waals surface area contributed by atoms with Gasteiger partial charge >= 0.3 is 5.97 Å². The van der Waals surface area contributed by atoms with Gasteiger partial charge in [0.25, 0.3) is 5.69 Å². The highest BCUT2D eigenvalue weighted by molar-refractivity contribution is 7.90. The third-order valence-corrected chi connectivity index (χ3v) is 4.47. The Labute approximate surface area is 142 Å². The van der Waals surface area contributed by atoms with Crippen LogP contribution in [0.15, 0.2) is 47.4 Å². The van der Waals surface area contributed by atoms with Crippen molar-refractivity contribution in [3.8, 4) is 0 Å². The molecule has 0 spiro atoms. The minimum Gasteiger partial charge on any atom is -0.457 e. The van der Waals surface area contributed by atoms with Crippen LogP contribution in [0.3, 0.4) is 0 Å². The van der Waals surface area contributed by atoms with Crippen molar-refractivity contribution < 1.29 is 22.9 Å². The zero-order chi connectivity index (χ0) is 17.9. The quantitative estimate of drug-likeness (QED) is 0.456. The number of esters is 1. The van der Waals surface area contributed by atoms with Crippen LogP contribution in [-0.2, 0) is 21.2 Å². The number of hydrogen-bond donors (Lipinski definition) is 0. The first kappa shape index (κ1) is 17.9. The summed E-state index contributed by atoms with van der Waals surface area (Å²) in [5.41, 5.74) is -0.0866. The number of nitrogens with zero attached hydrogens (tertiary/aromatic N) is 1. The lowest BCUT2D eigenvalue weighted by Crippen LogP contribution is -2.08. The number of rotatable bonds is 5. The van der Waals surface area contributed by atoms with Gasteiger partial charge in [0.2, 0.25) is 0 Å². The lowest BCUT2D eigenvalue weighted by Gasteiger charge is -2.06. The number of halogens is 1. The maximum atomic E-state index is 12.0. The standard InChI is InChI=1S/C15H12ClNO6S/c1-24(21,22)14-7-4-11(8-13(14)17(19)20)15(18)23-9-10-2-5-12(16)6-3-10/h2-8H,9H2,1H3. The van der Waals surface area contributed by atoms with Gasteiger partial charge in [0.05, 0.1) is 10.5 Å². The Hall–Kier alpha value is -2.45. The average molecular weight is 370 g/mol. The lowest BCUT2D eigenvalue weighted by atomic mass is 10.2. The Morgan fingerprint density at radius 3 is 2.38 bits per heavy atom. The molecule has 0 radical (unpaired) electrons. The van der Waals surface area contributed by atoms with E-state index in [1.807, 2.05) is 0 Å². The van der Waals surface area contributed by atoms with Gasteiger partial charge in [-0.05, 0) is 29.8 Å². The van der Waals surface area contributed by atoms with Crippen molar-refractivity contribution >= 4 is 33.1 Å². The molecule has 0 saturated heterocycles. The van der Waals surface area contributed by atoms with Crippen LogP contribution < -0.4 is 0 Å². The van der Waals surface area contributed by atoms with Crippen LogP contribution in [0.4, 0.5) is 5.69 Å². The Bertz CT molecular complexity index is 893. The summed E-state index contributed by atoms with van der Waals surface area (Å²) in [5, 5.41) is 11.6. The fourth-order valence-corrected chi connectivity index (χ4v) is 2.87. The molecule has 2 rings (SSSR count). The largest absolute Gasteiger partial charge is 0.457 e. The van der Waals surface area contributed by atoms with Crippen molar-refractivity contribution in [3.05, 3.63) is 68.7 Å². The minimum atomic E-state index is -3.79. The van der Waals surface area contributed by atoms with E-state index in [0.29, 0.717) is 10.6 Å². The third-order valence-electron chi connectivity index (χ3n) is 3.07. The van der Waals surface area contributed by atoms with Crippen LogP contribution in [0.5, 0.6) is 0 Å². The van der Waals surface area contributed by atoms with Crippen molar-refractivity contribution in [2.24, 2.45) is 0 Å². The number of hydrogen-bond acceptors (Lipinski definition) is 6. The van der Waals surface area contributed by atoms with E-state index in [-0.39, 0.29) is 12.2 Å². The van der Waals surface area contributed by atoms with Gasteiger partial charge in [-0.3, -0.25) is 10.1 Å². The highest BCUT2D eigenvalue weighted by Crippen LogP contribution is 2.25. The summed E-state index contributed by atoms with van der Waals surface area (Å²) >= 11 is 5.75. The molecule has 24 heavy (non-hydrogen) atoms. The molecule has 126 valence electrons. The van der Waals surface area contributed by atoms with E-state index in [9.17, 15) is 23.3 Å². The van der Waals surface area contributed by atoms with Crippen molar-refractivity contribution in [3.63, 3.8) is 0 Å². The van der Waals surface area contributed by atoms with Crippen LogP contribution in [0.25, 0.3) is 0 Å². The molecule has 0 N–H and O–H groups in total. The van der Waals surface area contributed by atoms with Crippen LogP contribution >= 0.6 is 11.6 Å². The van der Waals surface area contributed by atoms with Crippen molar-refractivity contribution in [1.82, 2.24) is 0 Å². The molecule has 0 bridgehead atoms. The van der Waals surface area contributed by atoms with Crippen molar-refractivity contribution in [2.45, 2.75) is 11.5 Å². The topological polar surface area (TPSA) is 104 Å². The molecule has 0 atom stereocenters. The number of ether oxygens (including phenoxy) is 1. The first-order chi connectivity index (χ1) is 11.2. The Kier molecular flexibility index (Phi) is 5.20. The zero-order valence-electron chi connectivity index (χ0n) is 12.4. The zero-order valence-corrected chi connectivity index (χ0v) is 14.0. The van der Waals surface area contributed by atoms with Gasteiger partial charge in [-0.25, -0.2) is 13.2 Å². The molecule has 0 amide bonds. The van der Waals surface area contributed by atoms with Gasteiger partial charge in [0.1, 0.15) is 11.5 Å². The summed E-state index contributed by atoms with van der Waals surface area (Å²) < 4.78 is 28.2. The van der Waals surface area contributed by atoms with E-state index < -0.39 is 31.3 Å². The van der Waals surface area contributed by atoms with Crippen molar-refractivity contribution in [2.75, 3.05) is 6.26 Å². The summed E-state index contributed by atoms with van der Waals surface area (Å²) in [6.45, 7) is -0.0440. The molecule has 2 aromatic rings. The molecular formula is C15H12ClNO6S. The van der Waals surface area contributed by atoms with E-state index in [2.05, 4.69) is 0 Å². The van der Waals surface area contributed by atoms with Crippen molar-refractivity contribution in [1.29, 1.82) is 0 Å². The lowest BCUT2D eigenvalue weighted by molar-refractivity contribution is -0.387. The van der Waals surface area contributed by atoms with E-state index in [1.165, 1.54) is 6.07 Å². The number of benzene rings is 2. The number of sulfone groups is 1. The molecule has 0 aromatic heterocycles. The second-order valence-electron chi connectivity index (χ2n) is 4.91. The van der Waals surface area contributed by atoms with Crippen LogP contribution in [-0.4, -0.2) is 25.6 Å². The smallest absolute Gasteiger partial charge is 0.338 e. The molecule has 0 aliphatic rings. The van der Waals surface area contributed by atoms with Crippen LogP contribution in [0.1, 0.15) is 15.9 Å². The fourth-order valence-electron chi connectivity index (χ4n) is 1.91. The summed E-state index contributed by atoms with van der Waals surface area (Å²) in [5.74, 6) is -0.798. The minimum absolute atomic E-state index is 0.0440. The number of nitro benzene ring substituents is 1. The highest BCUT2D eigenvalue weighted by atomic mass is 35.5. The number of nitro groups is 1. The molecule has 0 aliphatic carbocycles. The molecule has 0 heterocycles. The number of carbonyl (C=O) groups is 1. The summed E-state index contributed by atoms with van der Waals surface area (Å²) in [7, 11) is -3.79. The molecule has 9 heteroatoms. The van der Waals surface area contributed by atoms with Crippen LogP contribution in [0.2, 0.25) is 5.02 Å². The van der Waals surface area contributed by atoms with Gasteiger partial charge < -0.3 is 4.74 Å². The van der Waals surface area contributed by atoms with Gasteiger partial charge in [-0.2, -0.15) is 0 Å². The van der Waals surface area contributed by atoms with Gasteiger partial charge in [-0.15, -0.1) is 0 Å². The van der Waals surface area contributed by atoms with Gasteiger partial charge in [0, 0.05) is 17.3 Å². The summed E-state index contributed by atoms with van der Waals surface area (Å²) in [6.07, 6.45) is 0.855. The predicted octanol–water partition coefficient (Wildman–Crippen LogP) is 3.01. The monoisotopic (exact) mass is 369 g/mol. The second kappa shape index (κ2) is 6.98. The molecule has 7 nitrogen and oxygen atoms in total. The average Bonchev–Trinajstić information content (AvgIpc) is 2.52. The molecule has 0 fully saturated rings. The van der Waals surface area contributed by atoms with E-state index in [0.717, 1.165) is 18.4 Å². The predicted molar refractivity (Wildman–Crippen MR) is 86.8 cm³/mol. The molecule has 0 aliphatic heterocycles. The summed E-state index contributed by atoms with van der Waals surface area (Å²) in [4.78, 5) is 21.7. The Morgan fingerprint density at radius 1 is 1.21 bits per heavy atom. The molecular weight excluding hydrogens is 358 g/mol. The Morgan fingerprint density at radius 2 is 1.83 bits per heavy atom. The van der Waals surface area contributed by atoms with E-state index in [1.54, 1.807) is 24.3 Å². The highest BCUT2D eigenvalue weighted by Gasteiger charge is 2.24. The van der Waals surface area contributed by atoms with Gasteiger partial charge in [0.15, 0.2) is 9.84 Å². The third kappa shape index (κ3) is 4.30. The maximum Gasteiger partial charge on any atom is 0.338 e. The van der Waals surface area contributed by atoms with Gasteiger partial charge in [-0.1, -0.05) is 23.7 Å².